The first-order chi connectivity index (χ1) is 6.49. The molecule has 84 valence electrons. The molecule has 1 fully saturated rings. The first-order valence-electron chi connectivity index (χ1n) is 6.22. The van der Waals surface area contributed by atoms with E-state index in [0.29, 0.717) is 5.92 Å². The Morgan fingerprint density at radius 2 is 2.00 bits per heavy atom. The van der Waals surface area contributed by atoms with Crippen LogP contribution in [0.3, 0.4) is 0 Å². The zero-order valence-corrected chi connectivity index (χ0v) is 10.2. The number of hydrogen-bond donors (Lipinski definition) is 1. The van der Waals surface area contributed by atoms with Crippen LogP contribution in [0.2, 0.25) is 0 Å². The second-order valence-electron chi connectivity index (χ2n) is 5.50. The summed E-state index contributed by atoms with van der Waals surface area (Å²) in [6, 6.07) is 0. The molecule has 3 unspecified atom stereocenters. The highest BCUT2D eigenvalue weighted by Gasteiger charge is 2.39. The number of aliphatic hydroxyl groups is 1. The predicted octanol–water partition coefficient (Wildman–Crippen LogP) is 3.61. The molecule has 0 spiro atoms. The van der Waals surface area contributed by atoms with Gasteiger partial charge < -0.3 is 5.11 Å². The summed E-state index contributed by atoms with van der Waals surface area (Å²) in [4.78, 5) is 0. The molecule has 14 heavy (non-hydrogen) atoms. The third-order valence-corrected chi connectivity index (χ3v) is 4.33. The minimum absolute atomic E-state index is 0.330. The monoisotopic (exact) mass is 198 g/mol. The SMILES string of the molecule is CCC1(O)CCCC1CC(C)C(C)C. The Morgan fingerprint density at radius 1 is 1.36 bits per heavy atom. The van der Waals surface area contributed by atoms with Crippen molar-refractivity contribution in [2.75, 3.05) is 0 Å². The molecule has 1 saturated carbocycles. The normalized spacial score (nSPS) is 35.1. The van der Waals surface area contributed by atoms with Gasteiger partial charge in [-0.25, -0.2) is 0 Å². The van der Waals surface area contributed by atoms with E-state index in [1.807, 2.05) is 0 Å². The van der Waals surface area contributed by atoms with E-state index in [1.54, 1.807) is 0 Å². The van der Waals surface area contributed by atoms with Gasteiger partial charge in [-0.15, -0.1) is 0 Å². The van der Waals surface area contributed by atoms with Gasteiger partial charge in [0.1, 0.15) is 0 Å². The lowest BCUT2D eigenvalue weighted by atomic mass is 9.79. The Kier molecular flexibility index (Phi) is 4.00. The maximum Gasteiger partial charge on any atom is 0.0673 e. The standard InChI is InChI=1S/C13H26O/c1-5-13(14)8-6-7-12(13)9-11(4)10(2)3/h10-12,14H,5-9H2,1-4H3. The fourth-order valence-electron chi connectivity index (χ4n) is 2.65. The van der Waals surface area contributed by atoms with Gasteiger partial charge in [0.15, 0.2) is 0 Å². The van der Waals surface area contributed by atoms with Crippen molar-refractivity contribution in [2.24, 2.45) is 17.8 Å². The first kappa shape index (κ1) is 12.0. The lowest BCUT2D eigenvalue weighted by Crippen LogP contribution is -2.33. The van der Waals surface area contributed by atoms with Crippen molar-refractivity contribution in [2.45, 2.75) is 65.4 Å². The van der Waals surface area contributed by atoms with Crippen molar-refractivity contribution >= 4 is 0 Å². The molecule has 3 atom stereocenters. The molecule has 0 heterocycles. The molecular weight excluding hydrogens is 172 g/mol. The highest BCUT2D eigenvalue weighted by atomic mass is 16.3. The molecule has 1 N–H and O–H groups in total. The van der Waals surface area contributed by atoms with Gasteiger partial charge in [-0.3, -0.25) is 0 Å². The molecule has 1 aliphatic rings. The minimum atomic E-state index is -0.330. The van der Waals surface area contributed by atoms with Crippen LogP contribution in [-0.2, 0) is 0 Å². The molecule has 0 saturated heterocycles. The Morgan fingerprint density at radius 3 is 2.50 bits per heavy atom. The Hall–Kier alpha value is -0.0400. The molecule has 1 nitrogen and oxygen atoms in total. The van der Waals surface area contributed by atoms with E-state index < -0.39 is 0 Å². The van der Waals surface area contributed by atoms with E-state index in [9.17, 15) is 5.11 Å². The van der Waals surface area contributed by atoms with E-state index in [4.69, 9.17) is 0 Å². The summed E-state index contributed by atoms with van der Waals surface area (Å²) in [5.41, 5.74) is -0.330. The third kappa shape index (κ3) is 2.50. The second kappa shape index (κ2) is 4.65. The zero-order chi connectivity index (χ0) is 10.8. The van der Waals surface area contributed by atoms with E-state index >= 15 is 0 Å². The van der Waals surface area contributed by atoms with Crippen LogP contribution in [0.4, 0.5) is 0 Å². The van der Waals surface area contributed by atoms with Crippen molar-refractivity contribution in [1.29, 1.82) is 0 Å². The molecule has 0 bridgehead atoms. The van der Waals surface area contributed by atoms with Gasteiger partial charge in [-0.1, -0.05) is 34.1 Å². The van der Waals surface area contributed by atoms with E-state index in [1.165, 1.54) is 19.3 Å². The molecular formula is C13H26O. The van der Waals surface area contributed by atoms with Crippen LogP contribution in [0.25, 0.3) is 0 Å². The summed E-state index contributed by atoms with van der Waals surface area (Å²) in [5, 5.41) is 10.4. The first-order valence-corrected chi connectivity index (χ1v) is 6.22. The molecule has 1 heteroatoms. The van der Waals surface area contributed by atoms with Crippen LogP contribution in [0, 0.1) is 17.8 Å². The summed E-state index contributed by atoms with van der Waals surface area (Å²) in [5.74, 6) is 2.05. The quantitative estimate of drug-likeness (QED) is 0.731. The Labute approximate surface area is 88.9 Å². The predicted molar refractivity (Wildman–Crippen MR) is 61.2 cm³/mol. The zero-order valence-electron chi connectivity index (χ0n) is 10.2. The largest absolute Gasteiger partial charge is 0.390 e. The van der Waals surface area contributed by atoms with Gasteiger partial charge in [0, 0.05) is 0 Å². The van der Waals surface area contributed by atoms with Crippen LogP contribution >= 0.6 is 0 Å². The highest BCUT2D eigenvalue weighted by molar-refractivity contribution is 4.91. The number of rotatable bonds is 4. The van der Waals surface area contributed by atoms with Crippen molar-refractivity contribution in [3.05, 3.63) is 0 Å². The number of hydrogen-bond acceptors (Lipinski definition) is 1. The van der Waals surface area contributed by atoms with Gasteiger partial charge >= 0.3 is 0 Å². The van der Waals surface area contributed by atoms with Gasteiger partial charge in [0.05, 0.1) is 5.60 Å². The molecule has 1 rings (SSSR count). The molecule has 0 aliphatic heterocycles. The van der Waals surface area contributed by atoms with Crippen LogP contribution < -0.4 is 0 Å². The van der Waals surface area contributed by atoms with Crippen LogP contribution in [0.5, 0.6) is 0 Å². The minimum Gasteiger partial charge on any atom is -0.390 e. The van der Waals surface area contributed by atoms with Crippen molar-refractivity contribution in [3.8, 4) is 0 Å². The average Bonchev–Trinajstić information content (AvgIpc) is 2.49. The van der Waals surface area contributed by atoms with Gasteiger partial charge in [0.25, 0.3) is 0 Å². The maximum absolute atomic E-state index is 10.4. The molecule has 0 aromatic rings. The van der Waals surface area contributed by atoms with Crippen LogP contribution in [-0.4, -0.2) is 10.7 Å². The summed E-state index contributed by atoms with van der Waals surface area (Å²) in [6.07, 6.45) is 5.63. The summed E-state index contributed by atoms with van der Waals surface area (Å²) < 4.78 is 0. The van der Waals surface area contributed by atoms with Gasteiger partial charge in [-0.2, -0.15) is 0 Å². The molecule has 0 amide bonds. The lowest BCUT2D eigenvalue weighted by Gasteiger charge is -2.31. The third-order valence-electron chi connectivity index (χ3n) is 4.33. The van der Waals surface area contributed by atoms with Crippen LogP contribution in [0.1, 0.15) is 59.8 Å². The maximum atomic E-state index is 10.4. The molecule has 1 aliphatic carbocycles. The summed E-state index contributed by atoms with van der Waals surface area (Å²) >= 11 is 0. The van der Waals surface area contributed by atoms with Crippen LogP contribution in [0.15, 0.2) is 0 Å². The Balaban J connectivity index is 2.51. The second-order valence-corrected chi connectivity index (χ2v) is 5.50. The molecule has 0 aromatic heterocycles. The van der Waals surface area contributed by atoms with Crippen molar-refractivity contribution < 1.29 is 5.11 Å². The summed E-state index contributed by atoms with van der Waals surface area (Å²) in [7, 11) is 0. The van der Waals surface area contributed by atoms with Gasteiger partial charge in [0.2, 0.25) is 0 Å². The van der Waals surface area contributed by atoms with Crippen molar-refractivity contribution in [1.82, 2.24) is 0 Å². The highest BCUT2D eigenvalue weighted by Crippen LogP contribution is 2.42. The molecule has 0 radical (unpaired) electrons. The Bertz CT molecular complexity index is 176. The fourth-order valence-corrected chi connectivity index (χ4v) is 2.65. The fraction of sp³-hybridized carbons (Fsp3) is 1.00. The topological polar surface area (TPSA) is 20.2 Å². The molecule has 0 aromatic carbocycles. The van der Waals surface area contributed by atoms with Crippen molar-refractivity contribution in [3.63, 3.8) is 0 Å². The summed E-state index contributed by atoms with van der Waals surface area (Å²) in [6.45, 7) is 9.01. The van der Waals surface area contributed by atoms with E-state index in [-0.39, 0.29) is 5.60 Å². The average molecular weight is 198 g/mol. The van der Waals surface area contributed by atoms with E-state index in [2.05, 4.69) is 27.7 Å². The lowest BCUT2D eigenvalue weighted by molar-refractivity contribution is -0.0113. The van der Waals surface area contributed by atoms with E-state index in [0.717, 1.165) is 24.7 Å². The smallest absolute Gasteiger partial charge is 0.0673 e. The van der Waals surface area contributed by atoms with Gasteiger partial charge in [-0.05, 0) is 43.4 Å².